The Morgan fingerprint density at radius 1 is 1.00 bits per heavy atom. The van der Waals surface area contributed by atoms with Gasteiger partial charge in [0, 0.05) is 17.6 Å². The predicted molar refractivity (Wildman–Crippen MR) is 95.2 cm³/mol. The summed E-state index contributed by atoms with van der Waals surface area (Å²) in [6.07, 6.45) is 3.20. The minimum absolute atomic E-state index is 0.360. The van der Waals surface area contributed by atoms with Gasteiger partial charge in [0.2, 0.25) is 0 Å². The molecule has 0 N–H and O–H groups in total. The van der Waals surface area contributed by atoms with Gasteiger partial charge in [0.05, 0.1) is 4.58 Å². The highest BCUT2D eigenvalue weighted by Crippen LogP contribution is 2.45. The number of carbonyl (C=O) groups excluding carboxylic acids is 1. The molecule has 0 unspecified atom stereocenters. The van der Waals surface area contributed by atoms with Crippen LogP contribution in [-0.2, 0) is 4.79 Å². The number of benzene rings is 2. The lowest BCUT2D eigenvalue weighted by atomic mass is 10.2. The van der Waals surface area contributed by atoms with Gasteiger partial charge in [0.25, 0.3) is 0 Å². The summed E-state index contributed by atoms with van der Waals surface area (Å²) < 4.78 is 5.83. The first kappa shape index (κ1) is 15.3. The molecule has 112 valence electrons. The molecule has 2 aromatic rings. The average molecular weight is 328 g/mol. The predicted octanol–water partition coefficient (Wildman–Crippen LogP) is 4.78. The van der Waals surface area contributed by atoms with E-state index in [0.717, 1.165) is 5.56 Å². The van der Waals surface area contributed by atoms with Crippen LogP contribution in [0.3, 0.4) is 0 Å². The SMILES string of the molecule is O=C(/C=C/c1ccccc1)Oc1ccc(C2SCCS2)cc1. The average Bonchev–Trinajstić information content (AvgIpc) is 3.09. The third-order valence-electron chi connectivity index (χ3n) is 3.20. The summed E-state index contributed by atoms with van der Waals surface area (Å²) in [5.41, 5.74) is 2.26. The van der Waals surface area contributed by atoms with Crippen LogP contribution in [0, 0.1) is 0 Å². The van der Waals surface area contributed by atoms with Crippen LogP contribution in [-0.4, -0.2) is 17.5 Å². The summed E-state index contributed by atoms with van der Waals surface area (Å²) in [4.78, 5) is 11.8. The molecule has 1 heterocycles. The second-order valence-electron chi connectivity index (χ2n) is 4.81. The zero-order chi connectivity index (χ0) is 15.2. The molecule has 22 heavy (non-hydrogen) atoms. The smallest absolute Gasteiger partial charge is 0.336 e. The second-order valence-corrected chi connectivity index (χ2v) is 7.53. The molecule has 0 atom stereocenters. The van der Waals surface area contributed by atoms with Crippen LogP contribution < -0.4 is 4.74 Å². The fourth-order valence-corrected chi connectivity index (χ4v) is 4.98. The Morgan fingerprint density at radius 3 is 2.36 bits per heavy atom. The quantitative estimate of drug-likeness (QED) is 0.458. The standard InChI is InChI=1S/C18H16O2S2/c19-17(11-6-14-4-2-1-3-5-14)20-16-9-7-15(8-10-16)18-21-12-13-22-18/h1-11,18H,12-13H2/b11-6+. The van der Waals surface area contributed by atoms with E-state index in [9.17, 15) is 4.79 Å². The van der Waals surface area contributed by atoms with Crippen LogP contribution in [0.2, 0.25) is 0 Å². The maximum absolute atomic E-state index is 11.8. The summed E-state index contributed by atoms with van der Waals surface area (Å²) >= 11 is 3.93. The second kappa shape index (κ2) is 7.56. The first-order valence-corrected chi connectivity index (χ1v) is 9.19. The Bertz CT molecular complexity index is 645. The van der Waals surface area contributed by atoms with Crippen molar-refractivity contribution in [2.75, 3.05) is 11.5 Å². The number of thioether (sulfide) groups is 2. The number of ether oxygens (including phenoxy) is 1. The third-order valence-corrected chi connectivity index (χ3v) is 6.31. The Balaban J connectivity index is 1.58. The van der Waals surface area contributed by atoms with Crippen LogP contribution in [0.1, 0.15) is 15.7 Å². The van der Waals surface area contributed by atoms with Crippen LogP contribution in [0.5, 0.6) is 5.75 Å². The Kier molecular flexibility index (Phi) is 5.24. The molecule has 1 fully saturated rings. The van der Waals surface area contributed by atoms with E-state index in [1.54, 1.807) is 6.08 Å². The van der Waals surface area contributed by atoms with Crippen molar-refractivity contribution in [1.29, 1.82) is 0 Å². The minimum Gasteiger partial charge on any atom is -0.423 e. The molecule has 0 spiro atoms. The summed E-state index contributed by atoms with van der Waals surface area (Å²) in [6.45, 7) is 0. The topological polar surface area (TPSA) is 26.3 Å². The molecule has 2 aromatic carbocycles. The van der Waals surface area contributed by atoms with E-state index in [4.69, 9.17) is 4.74 Å². The number of carbonyl (C=O) groups is 1. The van der Waals surface area contributed by atoms with Crippen LogP contribution >= 0.6 is 23.5 Å². The van der Waals surface area contributed by atoms with Gasteiger partial charge in [-0.2, -0.15) is 0 Å². The molecule has 0 radical (unpaired) electrons. The van der Waals surface area contributed by atoms with Gasteiger partial charge in [-0.1, -0.05) is 42.5 Å². The lowest BCUT2D eigenvalue weighted by Crippen LogP contribution is -2.03. The highest BCUT2D eigenvalue weighted by molar-refractivity contribution is 8.19. The van der Waals surface area contributed by atoms with Crippen molar-refractivity contribution < 1.29 is 9.53 Å². The van der Waals surface area contributed by atoms with Crippen molar-refractivity contribution in [3.05, 3.63) is 71.8 Å². The van der Waals surface area contributed by atoms with Crippen LogP contribution in [0.15, 0.2) is 60.7 Å². The maximum atomic E-state index is 11.8. The first-order chi connectivity index (χ1) is 10.8. The molecule has 0 saturated carbocycles. The molecule has 0 aromatic heterocycles. The van der Waals surface area contributed by atoms with Gasteiger partial charge in [-0.3, -0.25) is 0 Å². The molecule has 2 nitrogen and oxygen atoms in total. The molecule has 0 amide bonds. The van der Waals surface area contributed by atoms with Crippen molar-refractivity contribution in [1.82, 2.24) is 0 Å². The molecule has 4 heteroatoms. The molecule has 1 aliphatic rings. The van der Waals surface area contributed by atoms with E-state index >= 15 is 0 Å². The normalized spacial score (nSPS) is 15.3. The van der Waals surface area contributed by atoms with Gasteiger partial charge < -0.3 is 4.74 Å². The van der Waals surface area contributed by atoms with Crippen molar-refractivity contribution in [2.45, 2.75) is 4.58 Å². The Morgan fingerprint density at radius 2 is 1.68 bits per heavy atom. The van der Waals surface area contributed by atoms with E-state index in [1.165, 1.54) is 23.1 Å². The molecule has 0 bridgehead atoms. The highest BCUT2D eigenvalue weighted by atomic mass is 32.2. The van der Waals surface area contributed by atoms with Gasteiger partial charge in [-0.15, -0.1) is 23.5 Å². The molecular weight excluding hydrogens is 312 g/mol. The van der Waals surface area contributed by atoms with Crippen LogP contribution in [0.25, 0.3) is 6.08 Å². The molecule has 1 aliphatic heterocycles. The summed E-state index contributed by atoms with van der Waals surface area (Å²) in [7, 11) is 0. The van der Waals surface area contributed by atoms with Gasteiger partial charge in [-0.25, -0.2) is 4.79 Å². The third kappa shape index (κ3) is 4.18. The van der Waals surface area contributed by atoms with Crippen LogP contribution in [0.4, 0.5) is 0 Å². The summed E-state index contributed by atoms with van der Waals surface area (Å²) in [5.74, 6) is 2.63. The minimum atomic E-state index is -0.360. The monoisotopic (exact) mass is 328 g/mol. The molecular formula is C18H16O2S2. The summed E-state index contributed by atoms with van der Waals surface area (Å²) in [5, 5.41) is 0. The van der Waals surface area contributed by atoms with E-state index in [0.29, 0.717) is 10.3 Å². The Hall–Kier alpha value is -1.65. The van der Waals surface area contributed by atoms with Crippen molar-refractivity contribution in [3.63, 3.8) is 0 Å². The number of esters is 1. The van der Waals surface area contributed by atoms with E-state index in [-0.39, 0.29) is 5.97 Å². The fraction of sp³-hybridized carbons (Fsp3) is 0.167. The van der Waals surface area contributed by atoms with Gasteiger partial charge in [0.15, 0.2) is 0 Å². The molecule has 0 aliphatic carbocycles. The zero-order valence-electron chi connectivity index (χ0n) is 12.0. The first-order valence-electron chi connectivity index (χ1n) is 7.09. The maximum Gasteiger partial charge on any atom is 0.336 e. The van der Waals surface area contributed by atoms with Crippen molar-refractivity contribution in [2.24, 2.45) is 0 Å². The van der Waals surface area contributed by atoms with E-state index in [2.05, 4.69) is 0 Å². The van der Waals surface area contributed by atoms with Gasteiger partial charge >= 0.3 is 5.97 Å². The fourth-order valence-electron chi connectivity index (χ4n) is 2.12. The lowest BCUT2D eigenvalue weighted by Gasteiger charge is -2.08. The largest absolute Gasteiger partial charge is 0.423 e. The van der Waals surface area contributed by atoms with Gasteiger partial charge in [-0.05, 0) is 29.3 Å². The lowest BCUT2D eigenvalue weighted by molar-refractivity contribution is -0.128. The van der Waals surface area contributed by atoms with E-state index in [1.807, 2.05) is 78.1 Å². The highest BCUT2D eigenvalue weighted by Gasteiger charge is 2.18. The Labute approximate surface area is 139 Å². The number of hydrogen-bond acceptors (Lipinski definition) is 4. The summed E-state index contributed by atoms with van der Waals surface area (Å²) in [6, 6.07) is 17.5. The zero-order valence-corrected chi connectivity index (χ0v) is 13.6. The molecule has 1 saturated heterocycles. The van der Waals surface area contributed by atoms with E-state index < -0.39 is 0 Å². The number of hydrogen-bond donors (Lipinski definition) is 0. The number of rotatable bonds is 4. The van der Waals surface area contributed by atoms with Gasteiger partial charge in [0.1, 0.15) is 5.75 Å². The molecule has 3 rings (SSSR count). The van der Waals surface area contributed by atoms with Crippen molar-refractivity contribution in [3.8, 4) is 5.75 Å². The van der Waals surface area contributed by atoms with Crippen molar-refractivity contribution >= 4 is 35.6 Å².